The molecule has 0 radical (unpaired) electrons. The lowest BCUT2D eigenvalue weighted by molar-refractivity contribution is -0.116. The van der Waals surface area contributed by atoms with E-state index in [1.54, 1.807) is 13.0 Å². The van der Waals surface area contributed by atoms with Gasteiger partial charge in [-0.15, -0.1) is 0 Å². The highest BCUT2D eigenvalue weighted by Gasteiger charge is 2.03. The van der Waals surface area contributed by atoms with Gasteiger partial charge in [-0.3, -0.25) is 4.79 Å². The highest BCUT2D eigenvalue weighted by atomic mass is 16.3. The van der Waals surface area contributed by atoms with Crippen molar-refractivity contribution in [3.05, 3.63) is 29.8 Å². The Morgan fingerprint density at radius 2 is 2.27 bits per heavy atom. The highest BCUT2D eigenvalue weighted by Crippen LogP contribution is 2.17. The second-order valence-corrected chi connectivity index (χ2v) is 3.60. The summed E-state index contributed by atoms with van der Waals surface area (Å²) in [5.41, 5.74) is 1.55. The van der Waals surface area contributed by atoms with Crippen LogP contribution in [0, 0.1) is 0 Å². The molecule has 1 aromatic carbocycles. The van der Waals surface area contributed by atoms with E-state index in [0.717, 1.165) is 17.7 Å². The first-order valence-corrected chi connectivity index (χ1v) is 5.21. The van der Waals surface area contributed by atoms with Crippen LogP contribution >= 0.6 is 0 Å². The molecule has 3 nitrogen and oxygen atoms in total. The first-order chi connectivity index (χ1) is 7.13. The van der Waals surface area contributed by atoms with Gasteiger partial charge in [0.25, 0.3) is 0 Å². The van der Waals surface area contributed by atoms with E-state index in [-0.39, 0.29) is 5.91 Å². The molecule has 82 valence electrons. The highest BCUT2D eigenvalue weighted by molar-refractivity contribution is 5.90. The van der Waals surface area contributed by atoms with Crippen LogP contribution < -0.4 is 5.32 Å². The first-order valence-electron chi connectivity index (χ1n) is 5.21. The van der Waals surface area contributed by atoms with Gasteiger partial charge in [0.1, 0.15) is 0 Å². The lowest BCUT2D eigenvalue weighted by Crippen LogP contribution is -2.10. The minimum atomic E-state index is -0.506. The van der Waals surface area contributed by atoms with Gasteiger partial charge in [0, 0.05) is 12.1 Å². The summed E-state index contributed by atoms with van der Waals surface area (Å²) in [4.78, 5) is 11.3. The fourth-order valence-corrected chi connectivity index (χ4v) is 1.33. The minimum absolute atomic E-state index is 0.0141. The number of hydrogen-bond donors (Lipinski definition) is 2. The molecule has 0 saturated heterocycles. The van der Waals surface area contributed by atoms with E-state index >= 15 is 0 Å². The second-order valence-electron chi connectivity index (χ2n) is 3.60. The summed E-state index contributed by atoms with van der Waals surface area (Å²) in [6.07, 6.45) is 0.855. The summed E-state index contributed by atoms with van der Waals surface area (Å²) in [5, 5.41) is 12.2. The van der Waals surface area contributed by atoms with Crippen LogP contribution in [0.25, 0.3) is 0 Å². The zero-order valence-electron chi connectivity index (χ0n) is 9.16. The monoisotopic (exact) mass is 207 g/mol. The van der Waals surface area contributed by atoms with E-state index in [4.69, 9.17) is 0 Å². The number of nitrogens with one attached hydrogen (secondary N) is 1. The second kappa shape index (κ2) is 5.51. The lowest BCUT2D eigenvalue weighted by Gasteiger charge is -2.08. The average molecular weight is 207 g/mol. The van der Waals surface area contributed by atoms with Gasteiger partial charge in [0.2, 0.25) is 5.91 Å². The molecule has 0 saturated carbocycles. The molecule has 0 unspecified atom stereocenters. The Labute approximate surface area is 90.1 Å². The zero-order chi connectivity index (χ0) is 11.3. The maximum Gasteiger partial charge on any atom is 0.224 e. The Hall–Kier alpha value is -1.35. The Morgan fingerprint density at radius 1 is 1.53 bits per heavy atom. The Bertz CT molecular complexity index is 334. The van der Waals surface area contributed by atoms with Gasteiger partial charge < -0.3 is 10.4 Å². The number of benzene rings is 1. The van der Waals surface area contributed by atoms with Crippen LogP contribution in [-0.4, -0.2) is 11.0 Å². The molecule has 0 spiro atoms. The van der Waals surface area contributed by atoms with Crippen molar-refractivity contribution in [1.29, 1.82) is 0 Å². The Balaban J connectivity index is 2.69. The molecule has 2 N–H and O–H groups in total. The number of rotatable bonds is 4. The summed E-state index contributed by atoms with van der Waals surface area (Å²) < 4.78 is 0. The van der Waals surface area contributed by atoms with Crippen LogP contribution in [0.15, 0.2) is 24.3 Å². The zero-order valence-corrected chi connectivity index (χ0v) is 9.16. The molecule has 15 heavy (non-hydrogen) atoms. The lowest BCUT2D eigenvalue weighted by atomic mass is 10.1. The molecule has 0 aliphatic heterocycles. The number of hydrogen-bond acceptors (Lipinski definition) is 2. The number of aliphatic hydroxyl groups is 1. The van der Waals surface area contributed by atoms with Gasteiger partial charge in [-0.25, -0.2) is 0 Å². The third-order valence-electron chi connectivity index (χ3n) is 2.13. The smallest absolute Gasteiger partial charge is 0.224 e. The molecular formula is C12H17NO2. The molecule has 0 aliphatic carbocycles. The van der Waals surface area contributed by atoms with Gasteiger partial charge in [-0.2, -0.15) is 0 Å². The summed E-state index contributed by atoms with van der Waals surface area (Å²) >= 11 is 0. The van der Waals surface area contributed by atoms with E-state index in [0.29, 0.717) is 6.42 Å². The molecule has 1 rings (SSSR count). The van der Waals surface area contributed by atoms with Gasteiger partial charge in [-0.1, -0.05) is 19.1 Å². The van der Waals surface area contributed by atoms with Crippen molar-refractivity contribution >= 4 is 11.6 Å². The third kappa shape index (κ3) is 3.72. The summed E-state index contributed by atoms with van der Waals surface area (Å²) in [6, 6.07) is 7.27. The third-order valence-corrected chi connectivity index (χ3v) is 2.13. The fourth-order valence-electron chi connectivity index (χ4n) is 1.33. The molecule has 0 aromatic heterocycles. The van der Waals surface area contributed by atoms with Crippen molar-refractivity contribution in [2.45, 2.75) is 32.8 Å². The number of aliphatic hydroxyl groups excluding tert-OH is 1. The molecule has 3 heteroatoms. The number of carbonyl (C=O) groups is 1. The molecule has 0 heterocycles. The molecule has 0 aliphatic rings. The van der Waals surface area contributed by atoms with Crippen molar-refractivity contribution in [3.63, 3.8) is 0 Å². The Morgan fingerprint density at radius 3 is 2.87 bits per heavy atom. The van der Waals surface area contributed by atoms with Crippen molar-refractivity contribution in [1.82, 2.24) is 0 Å². The van der Waals surface area contributed by atoms with Crippen molar-refractivity contribution in [2.75, 3.05) is 5.32 Å². The van der Waals surface area contributed by atoms with E-state index in [1.165, 1.54) is 0 Å². The predicted molar refractivity (Wildman–Crippen MR) is 60.6 cm³/mol. The maximum atomic E-state index is 11.3. The van der Waals surface area contributed by atoms with E-state index in [9.17, 15) is 9.90 Å². The van der Waals surface area contributed by atoms with Crippen LogP contribution in [0.3, 0.4) is 0 Å². The summed E-state index contributed by atoms with van der Waals surface area (Å²) in [7, 11) is 0. The SMILES string of the molecule is CCCC(=O)Nc1cccc([C@@H](C)O)c1. The van der Waals surface area contributed by atoms with Crippen LogP contribution in [0.1, 0.15) is 38.4 Å². The molecule has 1 atom stereocenters. The topological polar surface area (TPSA) is 49.3 Å². The van der Waals surface area contributed by atoms with Crippen LogP contribution in [-0.2, 0) is 4.79 Å². The van der Waals surface area contributed by atoms with Crippen molar-refractivity contribution in [2.24, 2.45) is 0 Å². The molecule has 0 bridgehead atoms. The number of anilines is 1. The molecular weight excluding hydrogens is 190 g/mol. The number of carbonyl (C=O) groups excluding carboxylic acids is 1. The van der Waals surface area contributed by atoms with Gasteiger partial charge in [0.05, 0.1) is 6.10 Å². The maximum absolute atomic E-state index is 11.3. The van der Waals surface area contributed by atoms with E-state index in [2.05, 4.69) is 5.32 Å². The minimum Gasteiger partial charge on any atom is -0.389 e. The van der Waals surface area contributed by atoms with Gasteiger partial charge in [-0.05, 0) is 31.0 Å². The Kier molecular flexibility index (Phi) is 4.31. The molecule has 1 amide bonds. The van der Waals surface area contributed by atoms with Crippen molar-refractivity contribution < 1.29 is 9.90 Å². The molecule has 0 fully saturated rings. The average Bonchev–Trinajstić information content (AvgIpc) is 2.18. The van der Waals surface area contributed by atoms with E-state index < -0.39 is 6.10 Å². The summed E-state index contributed by atoms with van der Waals surface area (Å²) in [5.74, 6) is 0.0141. The van der Waals surface area contributed by atoms with Crippen LogP contribution in [0.4, 0.5) is 5.69 Å². The van der Waals surface area contributed by atoms with Gasteiger partial charge >= 0.3 is 0 Å². The largest absolute Gasteiger partial charge is 0.389 e. The number of amides is 1. The summed E-state index contributed by atoms with van der Waals surface area (Å²) in [6.45, 7) is 3.67. The molecule has 1 aromatic rings. The fraction of sp³-hybridized carbons (Fsp3) is 0.417. The van der Waals surface area contributed by atoms with Crippen LogP contribution in [0.5, 0.6) is 0 Å². The van der Waals surface area contributed by atoms with Gasteiger partial charge in [0.15, 0.2) is 0 Å². The van der Waals surface area contributed by atoms with Crippen LogP contribution in [0.2, 0.25) is 0 Å². The quantitative estimate of drug-likeness (QED) is 0.796. The first kappa shape index (κ1) is 11.7. The van der Waals surface area contributed by atoms with E-state index in [1.807, 2.05) is 25.1 Å². The standard InChI is InChI=1S/C12H17NO2/c1-3-5-12(15)13-11-7-4-6-10(8-11)9(2)14/h4,6-9,14H,3,5H2,1-2H3,(H,13,15)/t9-/m1/s1. The van der Waals surface area contributed by atoms with Crippen molar-refractivity contribution in [3.8, 4) is 0 Å². The normalized spacial score (nSPS) is 12.2. The predicted octanol–water partition coefficient (Wildman–Crippen LogP) is 2.48.